The van der Waals surface area contributed by atoms with Crippen LogP contribution in [0.3, 0.4) is 0 Å². The van der Waals surface area contributed by atoms with E-state index < -0.39 is 0 Å². The van der Waals surface area contributed by atoms with Crippen molar-refractivity contribution in [3.05, 3.63) is 23.2 Å². The molecule has 0 unspecified atom stereocenters. The van der Waals surface area contributed by atoms with Gasteiger partial charge in [0, 0.05) is 7.05 Å². The van der Waals surface area contributed by atoms with Gasteiger partial charge in [0.15, 0.2) is 0 Å². The fraction of sp³-hybridized carbons (Fsp3) is 0.286. The lowest BCUT2D eigenvalue weighted by Gasteiger charge is -1.97. The van der Waals surface area contributed by atoms with Gasteiger partial charge in [0.05, 0.1) is 24.5 Å². The summed E-state index contributed by atoms with van der Waals surface area (Å²) in [6, 6.07) is 0. The number of nitrogens with zero attached hydrogens (tertiary/aromatic N) is 2. The van der Waals surface area contributed by atoms with E-state index in [2.05, 4.69) is 15.3 Å². The lowest BCUT2D eigenvalue weighted by molar-refractivity contribution is -0.120. The Hall–Kier alpha value is -1.16. The van der Waals surface area contributed by atoms with Crippen LogP contribution < -0.4 is 5.32 Å². The predicted octanol–water partition coefficient (Wildman–Crippen LogP) is 0.418. The van der Waals surface area contributed by atoms with Gasteiger partial charge in [-0.25, -0.2) is 4.98 Å². The van der Waals surface area contributed by atoms with Crippen molar-refractivity contribution in [1.29, 1.82) is 0 Å². The first-order chi connectivity index (χ1) is 5.72. The number of rotatable bonds is 2. The predicted molar refractivity (Wildman–Crippen MR) is 44.8 cm³/mol. The van der Waals surface area contributed by atoms with Gasteiger partial charge in [0.25, 0.3) is 0 Å². The maximum absolute atomic E-state index is 10.9. The second-order valence-corrected chi connectivity index (χ2v) is 2.57. The standard InChI is InChI=1S/C7H8ClN3O/c1-9-7(12)2-5-3-11-6(8)4-10-5/h3-4H,2H2,1H3,(H,9,12). The van der Waals surface area contributed by atoms with Crippen LogP contribution in [0.2, 0.25) is 5.15 Å². The molecule has 1 aromatic rings. The molecule has 1 rings (SSSR count). The summed E-state index contributed by atoms with van der Waals surface area (Å²) in [4.78, 5) is 18.6. The highest BCUT2D eigenvalue weighted by molar-refractivity contribution is 6.29. The number of amides is 1. The highest BCUT2D eigenvalue weighted by Gasteiger charge is 2.01. The van der Waals surface area contributed by atoms with E-state index in [-0.39, 0.29) is 12.3 Å². The van der Waals surface area contributed by atoms with Crippen LogP contribution in [0.4, 0.5) is 0 Å². The molecule has 0 saturated carbocycles. The van der Waals surface area contributed by atoms with Crippen molar-refractivity contribution in [3.8, 4) is 0 Å². The van der Waals surface area contributed by atoms with Crippen LogP contribution in [-0.2, 0) is 11.2 Å². The molecule has 5 heteroatoms. The Bertz CT molecular complexity index is 272. The molecular weight excluding hydrogens is 178 g/mol. The molecule has 1 heterocycles. The third-order valence-electron chi connectivity index (χ3n) is 1.29. The average molecular weight is 186 g/mol. The van der Waals surface area contributed by atoms with Gasteiger partial charge < -0.3 is 5.32 Å². The first kappa shape index (κ1) is 8.93. The smallest absolute Gasteiger partial charge is 0.225 e. The Labute approximate surface area is 75.0 Å². The number of carbonyl (C=O) groups is 1. The molecule has 1 aromatic heterocycles. The highest BCUT2D eigenvalue weighted by Crippen LogP contribution is 2.01. The number of carbonyl (C=O) groups excluding carboxylic acids is 1. The van der Waals surface area contributed by atoms with Crippen LogP contribution in [0.1, 0.15) is 5.69 Å². The summed E-state index contributed by atoms with van der Waals surface area (Å²) in [6.45, 7) is 0. The van der Waals surface area contributed by atoms with Crippen LogP contribution in [-0.4, -0.2) is 22.9 Å². The number of hydrogen-bond donors (Lipinski definition) is 1. The Balaban J connectivity index is 2.64. The second kappa shape index (κ2) is 4.01. The van der Waals surface area contributed by atoms with Crippen molar-refractivity contribution in [3.63, 3.8) is 0 Å². The molecule has 0 aliphatic carbocycles. The minimum Gasteiger partial charge on any atom is -0.359 e. The van der Waals surface area contributed by atoms with Gasteiger partial charge in [-0.15, -0.1) is 0 Å². The molecule has 0 spiro atoms. The quantitative estimate of drug-likeness (QED) is 0.727. The van der Waals surface area contributed by atoms with Gasteiger partial charge in [0.1, 0.15) is 5.15 Å². The lowest BCUT2D eigenvalue weighted by atomic mass is 10.3. The summed E-state index contributed by atoms with van der Waals surface area (Å²) >= 11 is 5.51. The molecule has 12 heavy (non-hydrogen) atoms. The fourth-order valence-electron chi connectivity index (χ4n) is 0.683. The van der Waals surface area contributed by atoms with Crippen molar-refractivity contribution in [2.75, 3.05) is 7.05 Å². The molecule has 64 valence electrons. The van der Waals surface area contributed by atoms with Crippen molar-refractivity contribution >= 4 is 17.5 Å². The van der Waals surface area contributed by atoms with E-state index in [0.717, 1.165) is 0 Å². The molecule has 0 atom stereocenters. The number of nitrogens with one attached hydrogen (secondary N) is 1. The summed E-state index contributed by atoms with van der Waals surface area (Å²) < 4.78 is 0. The molecular formula is C7H8ClN3O. The minimum absolute atomic E-state index is 0.0911. The molecule has 0 aliphatic heterocycles. The van der Waals surface area contributed by atoms with Gasteiger partial charge in [-0.05, 0) is 0 Å². The van der Waals surface area contributed by atoms with Gasteiger partial charge in [-0.3, -0.25) is 9.78 Å². The molecule has 0 saturated heterocycles. The minimum atomic E-state index is -0.0911. The van der Waals surface area contributed by atoms with E-state index in [1.165, 1.54) is 12.4 Å². The SMILES string of the molecule is CNC(=O)Cc1cnc(Cl)cn1. The topological polar surface area (TPSA) is 54.9 Å². The van der Waals surface area contributed by atoms with Crippen LogP contribution in [0.15, 0.2) is 12.4 Å². The summed E-state index contributed by atoms with van der Waals surface area (Å²) in [5.74, 6) is -0.0911. The molecule has 0 fully saturated rings. The summed E-state index contributed by atoms with van der Waals surface area (Å²) in [5, 5.41) is 2.82. The highest BCUT2D eigenvalue weighted by atomic mass is 35.5. The molecule has 0 bridgehead atoms. The first-order valence-corrected chi connectivity index (χ1v) is 3.77. The van der Waals surface area contributed by atoms with E-state index in [1.54, 1.807) is 7.05 Å². The normalized spacial score (nSPS) is 9.50. The average Bonchev–Trinajstić information content (AvgIpc) is 2.09. The Morgan fingerprint density at radius 2 is 2.33 bits per heavy atom. The van der Waals surface area contributed by atoms with Crippen molar-refractivity contribution in [1.82, 2.24) is 15.3 Å². The zero-order valence-corrected chi connectivity index (χ0v) is 7.30. The zero-order chi connectivity index (χ0) is 8.97. The van der Waals surface area contributed by atoms with E-state index >= 15 is 0 Å². The summed E-state index contributed by atoms with van der Waals surface area (Å²) in [5.41, 5.74) is 0.610. The largest absolute Gasteiger partial charge is 0.359 e. The van der Waals surface area contributed by atoms with Gasteiger partial charge >= 0.3 is 0 Å². The van der Waals surface area contributed by atoms with E-state index in [4.69, 9.17) is 11.6 Å². The van der Waals surface area contributed by atoms with Crippen LogP contribution in [0.5, 0.6) is 0 Å². The molecule has 0 aliphatic rings. The van der Waals surface area contributed by atoms with E-state index in [1.807, 2.05) is 0 Å². The molecule has 0 aromatic carbocycles. The number of aromatic nitrogens is 2. The maximum atomic E-state index is 10.9. The molecule has 0 radical (unpaired) electrons. The molecule has 1 N–H and O–H groups in total. The van der Waals surface area contributed by atoms with Gasteiger partial charge in [-0.2, -0.15) is 0 Å². The Morgan fingerprint density at radius 1 is 1.58 bits per heavy atom. The lowest BCUT2D eigenvalue weighted by Crippen LogP contribution is -2.20. The van der Waals surface area contributed by atoms with Gasteiger partial charge in [-0.1, -0.05) is 11.6 Å². The van der Waals surface area contributed by atoms with Crippen LogP contribution >= 0.6 is 11.6 Å². The number of hydrogen-bond acceptors (Lipinski definition) is 3. The first-order valence-electron chi connectivity index (χ1n) is 3.39. The summed E-state index contributed by atoms with van der Waals surface area (Å²) in [6.07, 6.45) is 3.14. The number of likely N-dealkylation sites (N-methyl/N-ethyl adjacent to an activating group) is 1. The molecule has 1 amide bonds. The van der Waals surface area contributed by atoms with Crippen LogP contribution in [0, 0.1) is 0 Å². The van der Waals surface area contributed by atoms with Gasteiger partial charge in [0.2, 0.25) is 5.91 Å². The van der Waals surface area contributed by atoms with Crippen LogP contribution in [0.25, 0.3) is 0 Å². The summed E-state index contributed by atoms with van der Waals surface area (Å²) in [7, 11) is 1.58. The van der Waals surface area contributed by atoms with E-state index in [0.29, 0.717) is 10.8 Å². The van der Waals surface area contributed by atoms with E-state index in [9.17, 15) is 4.79 Å². The Morgan fingerprint density at radius 3 is 2.83 bits per heavy atom. The van der Waals surface area contributed by atoms with Crippen molar-refractivity contribution < 1.29 is 4.79 Å². The maximum Gasteiger partial charge on any atom is 0.225 e. The number of halogens is 1. The monoisotopic (exact) mass is 185 g/mol. The molecule has 4 nitrogen and oxygen atoms in total. The zero-order valence-electron chi connectivity index (χ0n) is 6.54. The second-order valence-electron chi connectivity index (χ2n) is 2.18. The Kier molecular flexibility index (Phi) is 2.99. The third kappa shape index (κ3) is 2.47. The third-order valence-corrected chi connectivity index (χ3v) is 1.49. The van der Waals surface area contributed by atoms with Crippen molar-refractivity contribution in [2.45, 2.75) is 6.42 Å². The fourth-order valence-corrected chi connectivity index (χ4v) is 0.781. The van der Waals surface area contributed by atoms with Crippen molar-refractivity contribution in [2.24, 2.45) is 0 Å².